The van der Waals surface area contributed by atoms with Crippen molar-refractivity contribution in [3.63, 3.8) is 0 Å². The summed E-state index contributed by atoms with van der Waals surface area (Å²) in [6.07, 6.45) is 0. The Morgan fingerprint density at radius 1 is 0.821 bits per heavy atom. The van der Waals surface area contributed by atoms with E-state index in [0.717, 1.165) is 27.7 Å². The number of anilines is 1. The van der Waals surface area contributed by atoms with Gasteiger partial charge in [-0.1, -0.05) is 59.5 Å². The molecular formula is C25H20N2O. The monoisotopic (exact) mass is 364 g/mol. The van der Waals surface area contributed by atoms with Gasteiger partial charge in [-0.3, -0.25) is 4.57 Å². The Balaban J connectivity index is 1.74. The van der Waals surface area contributed by atoms with Gasteiger partial charge in [0.2, 0.25) is 0 Å². The second-order valence-corrected chi connectivity index (χ2v) is 6.84. The first-order valence-electron chi connectivity index (χ1n) is 9.17. The van der Waals surface area contributed by atoms with E-state index in [0.29, 0.717) is 5.69 Å². The third-order valence-electron chi connectivity index (χ3n) is 4.60. The molecule has 0 saturated carbocycles. The summed E-state index contributed by atoms with van der Waals surface area (Å²) in [4.78, 5) is 13.0. The van der Waals surface area contributed by atoms with Crippen LogP contribution in [0.15, 0.2) is 78.9 Å². The molecule has 28 heavy (non-hydrogen) atoms. The SMILES string of the molecule is Cc1ccc(C#Cc2cc3ccccc3n2C(=O)Nc2ccc(C)cc2)cc1. The lowest BCUT2D eigenvalue weighted by Crippen LogP contribution is -2.20. The van der Waals surface area contributed by atoms with Crippen molar-refractivity contribution in [1.29, 1.82) is 0 Å². The second-order valence-electron chi connectivity index (χ2n) is 6.84. The quantitative estimate of drug-likeness (QED) is 0.430. The van der Waals surface area contributed by atoms with E-state index in [4.69, 9.17) is 0 Å². The number of hydrogen-bond acceptors (Lipinski definition) is 1. The first-order valence-corrected chi connectivity index (χ1v) is 9.17. The summed E-state index contributed by atoms with van der Waals surface area (Å²) in [5.41, 5.74) is 5.50. The molecule has 1 aromatic heterocycles. The van der Waals surface area contributed by atoms with Crippen molar-refractivity contribution >= 4 is 22.6 Å². The van der Waals surface area contributed by atoms with Crippen LogP contribution in [0.4, 0.5) is 10.5 Å². The second kappa shape index (κ2) is 7.46. The van der Waals surface area contributed by atoms with Crippen molar-refractivity contribution in [2.24, 2.45) is 0 Å². The summed E-state index contributed by atoms with van der Waals surface area (Å²) >= 11 is 0. The lowest BCUT2D eigenvalue weighted by Gasteiger charge is -2.09. The van der Waals surface area contributed by atoms with E-state index in [9.17, 15) is 4.79 Å². The number of carbonyl (C=O) groups is 1. The molecule has 3 heteroatoms. The van der Waals surface area contributed by atoms with Crippen LogP contribution in [0.3, 0.4) is 0 Å². The van der Waals surface area contributed by atoms with Crippen LogP contribution in [0.5, 0.6) is 0 Å². The molecule has 0 fully saturated rings. The van der Waals surface area contributed by atoms with Crippen LogP contribution in [-0.2, 0) is 0 Å². The van der Waals surface area contributed by atoms with Gasteiger partial charge in [0.1, 0.15) is 5.69 Å². The van der Waals surface area contributed by atoms with Crippen LogP contribution in [0.2, 0.25) is 0 Å². The molecule has 0 radical (unpaired) electrons. The van der Waals surface area contributed by atoms with Crippen molar-refractivity contribution in [3.8, 4) is 11.8 Å². The van der Waals surface area contributed by atoms with Crippen LogP contribution < -0.4 is 5.32 Å². The zero-order valence-corrected chi connectivity index (χ0v) is 15.9. The van der Waals surface area contributed by atoms with Gasteiger partial charge in [0.25, 0.3) is 0 Å². The average Bonchev–Trinajstić information content (AvgIpc) is 3.08. The van der Waals surface area contributed by atoms with E-state index in [1.165, 1.54) is 5.56 Å². The minimum Gasteiger partial charge on any atom is -0.307 e. The van der Waals surface area contributed by atoms with Crippen LogP contribution >= 0.6 is 0 Å². The number of nitrogens with zero attached hydrogens (tertiary/aromatic N) is 1. The summed E-state index contributed by atoms with van der Waals surface area (Å²) in [7, 11) is 0. The molecule has 4 aromatic rings. The molecule has 0 aliphatic carbocycles. The normalized spacial score (nSPS) is 10.4. The molecule has 0 aliphatic heterocycles. The number of hydrogen-bond donors (Lipinski definition) is 1. The number of para-hydroxylation sites is 1. The van der Waals surface area contributed by atoms with Crippen molar-refractivity contribution in [2.75, 3.05) is 5.32 Å². The maximum Gasteiger partial charge on any atom is 0.331 e. The molecule has 0 saturated heterocycles. The highest BCUT2D eigenvalue weighted by molar-refractivity contribution is 6.00. The van der Waals surface area contributed by atoms with E-state index in [2.05, 4.69) is 17.2 Å². The Bertz CT molecular complexity index is 1200. The molecule has 4 rings (SSSR count). The number of nitrogens with one attached hydrogen (secondary N) is 1. The number of aryl methyl sites for hydroxylation is 2. The van der Waals surface area contributed by atoms with Crippen LogP contribution in [0, 0.1) is 25.7 Å². The Morgan fingerprint density at radius 2 is 1.46 bits per heavy atom. The Morgan fingerprint density at radius 3 is 2.18 bits per heavy atom. The molecule has 0 atom stereocenters. The maximum atomic E-state index is 13.0. The minimum absolute atomic E-state index is 0.224. The van der Waals surface area contributed by atoms with Gasteiger partial charge in [-0.25, -0.2) is 4.79 Å². The highest BCUT2D eigenvalue weighted by atomic mass is 16.2. The molecular weight excluding hydrogens is 344 g/mol. The van der Waals surface area contributed by atoms with Gasteiger partial charge in [-0.05, 0) is 56.2 Å². The number of amides is 1. The smallest absolute Gasteiger partial charge is 0.307 e. The fourth-order valence-corrected chi connectivity index (χ4v) is 3.05. The highest BCUT2D eigenvalue weighted by Gasteiger charge is 2.14. The fraction of sp³-hybridized carbons (Fsp3) is 0.0800. The van der Waals surface area contributed by atoms with Gasteiger partial charge in [-0.2, -0.15) is 0 Å². The summed E-state index contributed by atoms with van der Waals surface area (Å²) in [6.45, 7) is 4.06. The Hall–Kier alpha value is -3.77. The van der Waals surface area contributed by atoms with Gasteiger partial charge in [0.05, 0.1) is 5.52 Å². The highest BCUT2D eigenvalue weighted by Crippen LogP contribution is 2.20. The zero-order chi connectivity index (χ0) is 19.5. The van der Waals surface area contributed by atoms with E-state index in [-0.39, 0.29) is 6.03 Å². The van der Waals surface area contributed by atoms with Crippen LogP contribution in [0.1, 0.15) is 22.4 Å². The molecule has 0 unspecified atom stereocenters. The Kier molecular flexibility index (Phi) is 4.70. The van der Waals surface area contributed by atoms with Crippen molar-refractivity contribution in [3.05, 3.63) is 101 Å². The first kappa shape index (κ1) is 17.6. The number of fused-ring (bicyclic) bond motifs is 1. The van der Waals surface area contributed by atoms with E-state index in [1.807, 2.05) is 92.7 Å². The molecule has 3 aromatic carbocycles. The molecule has 1 heterocycles. The van der Waals surface area contributed by atoms with Gasteiger partial charge in [0, 0.05) is 16.6 Å². The van der Waals surface area contributed by atoms with E-state index in [1.54, 1.807) is 4.57 Å². The molecule has 0 aliphatic rings. The third-order valence-corrected chi connectivity index (χ3v) is 4.60. The average molecular weight is 364 g/mol. The summed E-state index contributed by atoms with van der Waals surface area (Å²) in [5.74, 6) is 6.33. The van der Waals surface area contributed by atoms with E-state index < -0.39 is 0 Å². The van der Waals surface area contributed by atoms with Crippen molar-refractivity contribution in [2.45, 2.75) is 13.8 Å². The number of carbonyl (C=O) groups excluding carboxylic acids is 1. The summed E-state index contributed by atoms with van der Waals surface area (Å²) < 4.78 is 1.64. The number of aromatic nitrogens is 1. The molecule has 1 amide bonds. The van der Waals surface area contributed by atoms with Crippen molar-refractivity contribution < 1.29 is 4.79 Å². The van der Waals surface area contributed by atoms with Gasteiger partial charge >= 0.3 is 6.03 Å². The van der Waals surface area contributed by atoms with Crippen molar-refractivity contribution in [1.82, 2.24) is 4.57 Å². The molecule has 3 nitrogen and oxygen atoms in total. The topological polar surface area (TPSA) is 34.0 Å². The zero-order valence-electron chi connectivity index (χ0n) is 15.9. The minimum atomic E-state index is -0.224. The molecule has 1 N–H and O–H groups in total. The predicted molar refractivity (Wildman–Crippen MR) is 115 cm³/mol. The van der Waals surface area contributed by atoms with Gasteiger partial charge in [-0.15, -0.1) is 0 Å². The molecule has 0 spiro atoms. The fourth-order valence-electron chi connectivity index (χ4n) is 3.05. The lowest BCUT2D eigenvalue weighted by atomic mass is 10.1. The first-order chi connectivity index (χ1) is 13.6. The molecule has 0 bridgehead atoms. The molecule has 136 valence electrons. The predicted octanol–water partition coefficient (Wildman–Crippen LogP) is 5.74. The standard InChI is InChI=1S/C25H20N2O/c1-18-7-11-20(12-8-18)13-16-23-17-21-5-3-4-6-24(21)27(23)25(28)26-22-14-9-19(2)10-15-22/h3-12,14-15,17H,1-2H3,(H,26,28). The summed E-state index contributed by atoms with van der Waals surface area (Å²) in [5, 5.41) is 3.95. The van der Waals surface area contributed by atoms with Crippen LogP contribution in [0.25, 0.3) is 10.9 Å². The third kappa shape index (κ3) is 3.67. The lowest BCUT2D eigenvalue weighted by molar-refractivity contribution is 0.254. The van der Waals surface area contributed by atoms with E-state index >= 15 is 0 Å². The largest absolute Gasteiger partial charge is 0.331 e. The maximum absolute atomic E-state index is 13.0. The van der Waals surface area contributed by atoms with Gasteiger partial charge in [0.15, 0.2) is 0 Å². The number of rotatable bonds is 1. The van der Waals surface area contributed by atoms with Crippen LogP contribution in [-0.4, -0.2) is 10.6 Å². The Labute approximate surface area is 164 Å². The number of benzene rings is 3. The van der Waals surface area contributed by atoms with Gasteiger partial charge < -0.3 is 5.32 Å². The summed E-state index contributed by atoms with van der Waals surface area (Å²) in [6, 6.07) is 25.3.